The smallest absolute Gasteiger partial charge is 0.193 e. The van der Waals surface area contributed by atoms with E-state index in [2.05, 4.69) is 24.3 Å². The fourth-order valence-corrected chi connectivity index (χ4v) is 3.31. The van der Waals surface area contributed by atoms with E-state index in [0.29, 0.717) is 0 Å². The van der Waals surface area contributed by atoms with E-state index in [0.717, 1.165) is 34.2 Å². The minimum absolute atomic E-state index is 0.0705. The third-order valence-electron chi connectivity index (χ3n) is 4.75. The first kappa shape index (κ1) is 17.0. The van der Waals surface area contributed by atoms with Gasteiger partial charge in [-0.1, -0.05) is 109 Å². The Morgan fingerprint density at radius 1 is 0.556 bits per heavy atom. The maximum absolute atomic E-state index is 13.1. The molecule has 0 amide bonds. The van der Waals surface area contributed by atoms with E-state index in [4.69, 9.17) is 0 Å². The zero-order chi connectivity index (χ0) is 18.5. The lowest BCUT2D eigenvalue weighted by Gasteiger charge is -2.10. The molecule has 0 radical (unpaired) electrons. The average molecular weight is 348 g/mol. The molecular weight excluding hydrogens is 328 g/mol. The van der Waals surface area contributed by atoms with E-state index in [1.807, 2.05) is 84.9 Å². The minimum atomic E-state index is 0.0705. The molecule has 0 aliphatic rings. The second-order valence-corrected chi connectivity index (χ2v) is 6.59. The van der Waals surface area contributed by atoms with Crippen molar-refractivity contribution < 1.29 is 4.79 Å². The van der Waals surface area contributed by atoms with Crippen LogP contribution in [-0.4, -0.2) is 5.78 Å². The van der Waals surface area contributed by atoms with Crippen LogP contribution in [0.15, 0.2) is 109 Å². The van der Waals surface area contributed by atoms with Gasteiger partial charge in [0, 0.05) is 11.1 Å². The Labute approximate surface area is 159 Å². The van der Waals surface area contributed by atoms with Gasteiger partial charge < -0.3 is 0 Å². The molecule has 0 unspecified atom stereocenters. The summed E-state index contributed by atoms with van der Waals surface area (Å²) in [4.78, 5) is 13.1. The van der Waals surface area contributed by atoms with Crippen LogP contribution in [0, 0.1) is 0 Å². The first-order valence-corrected chi connectivity index (χ1v) is 9.13. The molecule has 1 heteroatoms. The van der Waals surface area contributed by atoms with Gasteiger partial charge in [0.2, 0.25) is 0 Å². The number of hydrogen-bond acceptors (Lipinski definition) is 1. The van der Waals surface area contributed by atoms with Crippen LogP contribution in [0.25, 0.3) is 11.1 Å². The number of hydrogen-bond donors (Lipinski definition) is 0. The van der Waals surface area contributed by atoms with Crippen molar-refractivity contribution in [3.05, 3.63) is 131 Å². The summed E-state index contributed by atoms with van der Waals surface area (Å²) in [5, 5.41) is 0. The molecule has 4 aromatic rings. The van der Waals surface area contributed by atoms with Gasteiger partial charge in [-0.25, -0.2) is 0 Å². The summed E-state index contributed by atoms with van der Waals surface area (Å²) in [5.74, 6) is 0.0705. The van der Waals surface area contributed by atoms with Crippen molar-refractivity contribution >= 4 is 5.78 Å². The zero-order valence-corrected chi connectivity index (χ0v) is 15.0. The van der Waals surface area contributed by atoms with Crippen molar-refractivity contribution in [2.75, 3.05) is 0 Å². The molecule has 0 aliphatic heterocycles. The molecule has 4 aromatic carbocycles. The number of benzene rings is 4. The maximum Gasteiger partial charge on any atom is 0.193 e. The Morgan fingerprint density at radius 3 is 1.81 bits per heavy atom. The predicted octanol–water partition coefficient (Wildman–Crippen LogP) is 6.18. The van der Waals surface area contributed by atoms with E-state index < -0.39 is 0 Å². The molecule has 130 valence electrons. The lowest BCUT2D eigenvalue weighted by molar-refractivity contribution is 0.103. The second-order valence-electron chi connectivity index (χ2n) is 6.59. The van der Waals surface area contributed by atoms with Gasteiger partial charge in [-0.15, -0.1) is 0 Å². The third kappa shape index (κ3) is 3.88. The van der Waals surface area contributed by atoms with E-state index in [1.54, 1.807) is 0 Å². The van der Waals surface area contributed by atoms with Crippen LogP contribution in [0.2, 0.25) is 0 Å². The van der Waals surface area contributed by atoms with Crippen LogP contribution in [-0.2, 0) is 6.42 Å². The van der Waals surface area contributed by atoms with Crippen molar-refractivity contribution in [2.24, 2.45) is 0 Å². The molecule has 0 spiro atoms. The highest BCUT2D eigenvalue weighted by Gasteiger charge is 2.13. The highest BCUT2D eigenvalue weighted by molar-refractivity contribution is 6.10. The van der Waals surface area contributed by atoms with Crippen molar-refractivity contribution in [3.8, 4) is 11.1 Å². The Bertz CT molecular complexity index is 1030. The SMILES string of the molecule is O=C(c1ccc(-c2ccccc2)cc1)c1ccccc1Cc1ccccc1. The number of ketones is 1. The Hall–Kier alpha value is -3.45. The van der Waals surface area contributed by atoms with Crippen molar-refractivity contribution in [1.29, 1.82) is 0 Å². The quantitative estimate of drug-likeness (QED) is 0.394. The summed E-state index contributed by atoms with van der Waals surface area (Å²) < 4.78 is 0. The molecule has 0 atom stereocenters. The zero-order valence-electron chi connectivity index (χ0n) is 15.0. The third-order valence-corrected chi connectivity index (χ3v) is 4.75. The van der Waals surface area contributed by atoms with Crippen molar-refractivity contribution in [1.82, 2.24) is 0 Å². The van der Waals surface area contributed by atoms with Gasteiger partial charge in [0.25, 0.3) is 0 Å². The molecule has 4 rings (SSSR count). The van der Waals surface area contributed by atoms with Gasteiger partial charge in [-0.2, -0.15) is 0 Å². The molecule has 27 heavy (non-hydrogen) atoms. The lowest BCUT2D eigenvalue weighted by Crippen LogP contribution is -2.06. The molecule has 1 nitrogen and oxygen atoms in total. The monoisotopic (exact) mass is 348 g/mol. The largest absolute Gasteiger partial charge is 0.289 e. The molecule has 0 heterocycles. The standard InChI is InChI=1S/C26H20O/c27-26(23-17-15-22(16-18-23)21-11-5-2-6-12-21)25-14-8-7-13-24(25)19-20-9-3-1-4-10-20/h1-18H,19H2. The van der Waals surface area contributed by atoms with Crippen LogP contribution in [0.1, 0.15) is 27.0 Å². The summed E-state index contributed by atoms with van der Waals surface area (Å²) in [5.41, 5.74) is 6.02. The first-order valence-electron chi connectivity index (χ1n) is 9.13. The van der Waals surface area contributed by atoms with Gasteiger partial charge in [-0.3, -0.25) is 4.79 Å². The minimum Gasteiger partial charge on any atom is -0.289 e. The highest BCUT2D eigenvalue weighted by atomic mass is 16.1. The average Bonchev–Trinajstić information content (AvgIpc) is 2.75. The summed E-state index contributed by atoms with van der Waals surface area (Å²) in [6.45, 7) is 0. The Morgan fingerprint density at radius 2 is 1.11 bits per heavy atom. The van der Waals surface area contributed by atoms with Crippen molar-refractivity contribution in [3.63, 3.8) is 0 Å². The molecule has 0 aromatic heterocycles. The second kappa shape index (κ2) is 7.84. The Balaban J connectivity index is 1.62. The first-order chi connectivity index (χ1) is 13.3. The van der Waals surface area contributed by atoms with E-state index in [9.17, 15) is 4.79 Å². The van der Waals surface area contributed by atoms with Crippen LogP contribution in [0.5, 0.6) is 0 Å². The summed E-state index contributed by atoms with van der Waals surface area (Å²) in [6.07, 6.45) is 0.755. The highest BCUT2D eigenvalue weighted by Crippen LogP contribution is 2.22. The fourth-order valence-electron chi connectivity index (χ4n) is 3.31. The van der Waals surface area contributed by atoms with Gasteiger partial charge in [0.1, 0.15) is 0 Å². The van der Waals surface area contributed by atoms with E-state index >= 15 is 0 Å². The molecule has 0 N–H and O–H groups in total. The topological polar surface area (TPSA) is 17.1 Å². The predicted molar refractivity (Wildman–Crippen MR) is 111 cm³/mol. The van der Waals surface area contributed by atoms with Crippen LogP contribution in [0.3, 0.4) is 0 Å². The van der Waals surface area contributed by atoms with Gasteiger partial charge in [0.05, 0.1) is 0 Å². The summed E-state index contributed by atoms with van der Waals surface area (Å²) in [6, 6.07) is 36.2. The van der Waals surface area contributed by atoms with Crippen LogP contribution in [0.4, 0.5) is 0 Å². The normalized spacial score (nSPS) is 10.5. The number of carbonyl (C=O) groups excluding carboxylic acids is 1. The molecule has 0 saturated carbocycles. The van der Waals surface area contributed by atoms with Crippen LogP contribution >= 0.6 is 0 Å². The van der Waals surface area contributed by atoms with Crippen molar-refractivity contribution in [2.45, 2.75) is 6.42 Å². The number of carbonyl (C=O) groups is 1. The number of rotatable bonds is 5. The summed E-state index contributed by atoms with van der Waals surface area (Å²) >= 11 is 0. The maximum atomic E-state index is 13.1. The van der Waals surface area contributed by atoms with Gasteiger partial charge in [-0.05, 0) is 28.7 Å². The summed E-state index contributed by atoms with van der Waals surface area (Å²) in [7, 11) is 0. The van der Waals surface area contributed by atoms with Crippen LogP contribution < -0.4 is 0 Å². The van der Waals surface area contributed by atoms with E-state index in [1.165, 1.54) is 5.56 Å². The lowest BCUT2D eigenvalue weighted by atomic mass is 9.93. The molecule has 0 fully saturated rings. The fraction of sp³-hybridized carbons (Fsp3) is 0.0385. The van der Waals surface area contributed by atoms with E-state index in [-0.39, 0.29) is 5.78 Å². The van der Waals surface area contributed by atoms with Gasteiger partial charge >= 0.3 is 0 Å². The molecule has 0 bridgehead atoms. The Kier molecular flexibility index (Phi) is 4.93. The molecule has 0 aliphatic carbocycles. The molecule has 0 saturated heterocycles. The van der Waals surface area contributed by atoms with Gasteiger partial charge in [0.15, 0.2) is 5.78 Å². The molecular formula is C26H20O.